The van der Waals surface area contributed by atoms with Crippen LogP contribution in [-0.4, -0.2) is 7.11 Å². The molecule has 0 saturated heterocycles. The highest BCUT2D eigenvalue weighted by Crippen LogP contribution is 2.40. The summed E-state index contributed by atoms with van der Waals surface area (Å²) in [6.45, 7) is 1.98. The molecule has 2 rings (SSSR count). The van der Waals surface area contributed by atoms with Crippen molar-refractivity contribution in [3.05, 3.63) is 53.6 Å². The van der Waals surface area contributed by atoms with Crippen LogP contribution in [0.1, 0.15) is 24.5 Å². The van der Waals surface area contributed by atoms with Gasteiger partial charge in [0.15, 0.2) is 0 Å². The highest BCUT2D eigenvalue weighted by atomic mass is 19.4. The molecule has 0 heterocycles. The molecular weight excluding hydrogens is 253 g/mol. The van der Waals surface area contributed by atoms with Gasteiger partial charge in [-0.25, -0.2) is 0 Å². The van der Waals surface area contributed by atoms with Crippen molar-refractivity contribution in [3.63, 3.8) is 0 Å². The standard InChI is InChI=1S/C15H15F3O/c1-14(8-4-3-5-9-14)12-7-6-11(15(16,17)18)10-13(12)19-2/h3-8,10H,9H2,1-2H3. The smallest absolute Gasteiger partial charge is 0.416 e. The first-order valence-corrected chi connectivity index (χ1v) is 5.97. The lowest BCUT2D eigenvalue weighted by molar-refractivity contribution is -0.137. The summed E-state index contributed by atoms with van der Waals surface area (Å²) in [4.78, 5) is 0. The van der Waals surface area contributed by atoms with Crippen LogP contribution < -0.4 is 4.74 Å². The summed E-state index contributed by atoms with van der Waals surface area (Å²) in [5.74, 6) is 0.275. The molecule has 0 fully saturated rings. The van der Waals surface area contributed by atoms with Crippen LogP contribution in [0.3, 0.4) is 0 Å². The minimum absolute atomic E-state index is 0.275. The zero-order valence-corrected chi connectivity index (χ0v) is 10.8. The van der Waals surface area contributed by atoms with E-state index in [0.29, 0.717) is 0 Å². The predicted octanol–water partition coefficient (Wildman–Crippen LogP) is 4.49. The van der Waals surface area contributed by atoms with Crippen molar-refractivity contribution in [3.8, 4) is 5.75 Å². The van der Waals surface area contributed by atoms with Crippen molar-refractivity contribution in [2.45, 2.75) is 24.9 Å². The third kappa shape index (κ3) is 2.67. The maximum atomic E-state index is 12.7. The van der Waals surface area contributed by atoms with E-state index in [9.17, 15) is 13.2 Å². The van der Waals surface area contributed by atoms with Crippen molar-refractivity contribution < 1.29 is 17.9 Å². The minimum atomic E-state index is -4.35. The van der Waals surface area contributed by atoms with Crippen LogP contribution in [0.2, 0.25) is 0 Å². The number of hydrogen-bond acceptors (Lipinski definition) is 1. The summed E-state index contributed by atoms with van der Waals surface area (Å²) in [5.41, 5.74) is -0.250. The number of allylic oxidation sites excluding steroid dienone is 4. The van der Waals surface area contributed by atoms with Gasteiger partial charge in [0.2, 0.25) is 0 Å². The van der Waals surface area contributed by atoms with Gasteiger partial charge in [-0.15, -0.1) is 0 Å². The van der Waals surface area contributed by atoms with E-state index in [1.807, 2.05) is 31.2 Å². The topological polar surface area (TPSA) is 9.23 Å². The Labute approximate surface area is 110 Å². The Kier molecular flexibility index (Phi) is 3.43. The fourth-order valence-electron chi connectivity index (χ4n) is 2.27. The molecule has 1 unspecified atom stereocenters. The van der Waals surface area contributed by atoms with Gasteiger partial charge in [-0.2, -0.15) is 13.2 Å². The Balaban J connectivity index is 2.48. The Bertz CT molecular complexity index is 529. The number of rotatable bonds is 2. The molecule has 1 aromatic rings. The van der Waals surface area contributed by atoms with Crippen molar-refractivity contribution in [1.29, 1.82) is 0 Å². The van der Waals surface area contributed by atoms with Gasteiger partial charge in [-0.05, 0) is 18.6 Å². The molecule has 4 heteroatoms. The molecule has 1 aliphatic carbocycles. The van der Waals surface area contributed by atoms with Gasteiger partial charge in [0.05, 0.1) is 12.7 Å². The molecule has 0 amide bonds. The van der Waals surface area contributed by atoms with Crippen molar-refractivity contribution in [2.24, 2.45) is 0 Å². The molecule has 0 spiro atoms. The molecule has 0 aromatic heterocycles. The number of halogens is 3. The number of methoxy groups -OCH3 is 1. The number of ether oxygens (including phenoxy) is 1. The maximum Gasteiger partial charge on any atom is 0.416 e. The molecule has 1 nitrogen and oxygen atoms in total. The van der Waals surface area contributed by atoms with E-state index in [1.165, 1.54) is 13.2 Å². The van der Waals surface area contributed by atoms with Crippen LogP contribution in [0.4, 0.5) is 13.2 Å². The van der Waals surface area contributed by atoms with Crippen LogP contribution in [0.5, 0.6) is 5.75 Å². The van der Waals surface area contributed by atoms with E-state index in [1.54, 1.807) is 0 Å². The largest absolute Gasteiger partial charge is 0.496 e. The normalized spacial score (nSPS) is 22.6. The zero-order chi connectivity index (χ0) is 14.1. The van der Waals surface area contributed by atoms with Crippen LogP contribution >= 0.6 is 0 Å². The van der Waals surface area contributed by atoms with Gasteiger partial charge in [-0.3, -0.25) is 0 Å². The van der Waals surface area contributed by atoms with E-state index in [4.69, 9.17) is 4.74 Å². The van der Waals surface area contributed by atoms with E-state index >= 15 is 0 Å². The lowest BCUT2D eigenvalue weighted by Crippen LogP contribution is -2.21. The highest BCUT2D eigenvalue weighted by Gasteiger charge is 2.33. The zero-order valence-electron chi connectivity index (χ0n) is 10.8. The van der Waals surface area contributed by atoms with E-state index in [0.717, 1.165) is 24.1 Å². The lowest BCUT2D eigenvalue weighted by atomic mass is 9.76. The van der Waals surface area contributed by atoms with Gasteiger partial charge in [-0.1, -0.05) is 37.3 Å². The molecule has 0 radical (unpaired) electrons. The van der Waals surface area contributed by atoms with Crippen molar-refractivity contribution in [2.75, 3.05) is 7.11 Å². The summed E-state index contributed by atoms with van der Waals surface area (Å²) in [6.07, 6.45) is 4.20. The summed E-state index contributed by atoms with van der Waals surface area (Å²) < 4.78 is 43.2. The molecule has 0 saturated carbocycles. The molecule has 1 aromatic carbocycles. The Morgan fingerprint density at radius 3 is 2.47 bits per heavy atom. The summed E-state index contributed by atoms with van der Waals surface area (Å²) in [6, 6.07) is 3.67. The first-order valence-electron chi connectivity index (χ1n) is 5.97. The van der Waals surface area contributed by atoms with Crippen LogP contribution in [-0.2, 0) is 11.6 Å². The quantitative estimate of drug-likeness (QED) is 0.768. The van der Waals surface area contributed by atoms with Crippen LogP contribution in [0.25, 0.3) is 0 Å². The first-order chi connectivity index (χ1) is 8.87. The number of alkyl halides is 3. The molecule has 0 N–H and O–H groups in total. The fraction of sp³-hybridized carbons (Fsp3) is 0.333. The molecule has 0 aliphatic heterocycles. The average Bonchev–Trinajstić information content (AvgIpc) is 2.38. The fourth-order valence-corrected chi connectivity index (χ4v) is 2.27. The Morgan fingerprint density at radius 1 is 1.21 bits per heavy atom. The number of hydrogen-bond donors (Lipinski definition) is 0. The molecule has 102 valence electrons. The molecular formula is C15H15F3O. The van der Waals surface area contributed by atoms with Crippen LogP contribution in [0, 0.1) is 0 Å². The minimum Gasteiger partial charge on any atom is -0.496 e. The molecule has 1 atom stereocenters. The summed E-state index contributed by atoms with van der Waals surface area (Å²) in [7, 11) is 1.39. The second-order valence-electron chi connectivity index (χ2n) is 4.82. The van der Waals surface area contributed by atoms with Crippen LogP contribution in [0.15, 0.2) is 42.5 Å². The SMILES string of the molecule is COc1cc(C(F)(F)F)ccc1C1(C)C=CC=CC1. The van der Waals surface area contributed by atoms with Gasteiger partial charge >= 0.3 is 6.18 Å². The highest BCUT2D eigenvalue weighted by molar-refractivity contribution is 5.47. The molecule has 1 aliphatic rings. The third-order valence-electron chi connectivity index (χ3n) is 3.40. The summed E-state index contributed by atoms with van der Waals surface area (Å²) >= 11 is 0. The maximum absolute atomic E-state index is 12.7. The Hall–Kier alpha value is -1.71. The van der Waals surface area contributed by atoms with Gasteiger partial charge in [0.25, 0.3) is 0 Å². The van der Waals surface area contributed by atoms with E-state index < -0.39 is 11.7 Å². The number of benzene rings is 1. The average molecular weight is 268 g/mol. The summed E-state index contributed by atoms with van der Waals surface area (Å²) in [5, 5.41) is 0. The first kappa shape index (κ1) is 13.7. The predicted molar refractivity (Wildman–Crippen MR) is 68.2 cm³/mol. The van der Waals surface area contributed by atoms with E-state index in [2.05, 4.69) is 0 Å². The molecule has 0 bridgehead atoms. The Morgan fingerprint density at radius 2 is 1.95 bits per heavy atom. The van der Waals surface area contributed by atoms with Gasteiger partial charge in [0.1, 0.15) is 5.75 Å². The lowest BCUT2D eigenvalue weighted by Gasteiger charge is -2.29. The van der Waals surface area contributed by atoms with Gasteiger partial charge in [0, 0.05) is 11.0 Å². The van der Waals surface area contributed by atoms with Crippen molar-refractivity contribution >= 4 is 0 Å². The third-order valence-corrected chi connectivity index (χ3v) is 3.40. The second-order valence-corrected chi connectivity index (χ2v) is 4.82. The van der Waals surface area contributed by atoms with E-state index in [-0.39, 0.29) is 11.2 Å². The molecule has 19 heavy (non-hydrogen) atoms. The van der Waals surface area contributed by atoms with Gasteiger partial charge < -0.3 is 4.74 Å². The monoisotopic (exact) mass is 268 g/mol. The second kappa shape index (κ2) is 4.76. The van der Waals surface area contributed by atoms with Crippen molar-refractivity contribution in [1.82, 2.24) is 0 Å².